The number of urea groups is 2. The molecule has 0 spiro atoms. The molecule has 4 amide bonds. The molecule has 1 fully saturated rings. The summed E-state index contributed by atoms with van der Waals surface area (Å²) >= 11 is 0. The monoisotopic (exact) mass is 171 g/mol. The van der Waals surface area contributed by atoms with Gasteiger partial charge in [0.15, 0.2) is 0 Å². The van der Waals surface area contributed by atoms with Gasteiger partial charge in [0.1, 0.15) is 0 Å². The number of likely N-dealkylation sites (N-methyl/N-ethyl adjacent to an activating group) is 1. The van der Waals surface area contributed by atoms with Crippen LogP contribution in [0.25, 0.3) is 0 Å². The molecular weight excluding hydrogens is 158 g/mol. The fourth-order valence-corrected chi connectivity index (χ4v) is 1.34. The van der Waals surface area contributed by atoms with E-state index in [1.165, 1.54) is 16.8 Å². The molecule has 5 heteroatoms. The Balaban J connectivity index is 2.76. The van der Waals surface area contributed by atoms with Crippen LogP contribution in [0, 0.1) is 0 Å². The molecule has 1 saturated heterocycles. The molecule has 0 aromatic carbocycles. The molecule has 1 rings (SSSR count). The molecule has 12 heavy (non-hydrogen) atoms. The molecule has 1 heterocycles. The first-order chi connectivity index (χ1) is 5.57. The lowest BCUT2D eigenvalue weighted by atomic mass is 10.3. The Morgan fingerprint density at radius 3 is 2.58 bits per heavy atom. The number of imide groups is 1. The van der Waals surface area contributed by atoms with Crippen molar-refractivity contribution in [3.63, 3.8) is 0 Å². The van der Waals surface area contributed by atoms with Gasteiger partial charge in [-0.05, 0) is 6.92 Å². The zero-order valence-corrected chi connectivity index (χ0v) is 7.50. The summed E-state index contributed by atoms with van der Waals surface area (Å²) in [6.07, 6.45) is 0. The van der Waals surface area contributed by atoms with E-state index in [1.807, 2.05) is 6.92 Å². The number of hydrogen-bond donors (Lipinski definition) is 1. The molecule has 1 atom stereocenters. The van der Waals surface area contributed by atoms with Crippen LogP contribution in [0.5, 0.6) is 0 Å². The maximum atomic E-state index is 11.3. The van der Waals surface area contributed by atoms with Crippen LogP contribution in [-0.2, 0) is 0 Å². The van der Waals surface area contributed by atoms with Gasteiger partial charge in [0.05, 0.1) is 6.04 Å². The van der Waals surface area contributed by atoms with Gasteiger partial charge in [0.2, 0.25) is 0 Å². The van der Waals surface area contributed by atoms with E-state index in [0.29, 0.717) is 6.54 Å². The molecule has 5 nitrogen and oxygen atoms in total. The Labute approximate surface area is 71.3 Å². The second-order valence-corrected chi connectivity index (χ2v) is 2.94. The summed E-state index contributed by atoms with van der Waals surface area (Å²) in [5.41, 5.74) is 0. The molecule has 1 aliphatic heterocycles. The van der Waals surface area contributed by atoms with Crippen LogP contribution >= 0.6 is 0 Å². The highest BCUT2D eigenvalue weighted by Gasteiger charge is 2.36. The normalized spacial score (nSPS) is 23.2. The van der Waals surface area contributed by atoms with Crippen LogP contribution in [-0.4, -0.2) is 48.5 Å². The molecule has 1 unspecified atom stereocenters. The van der Waals surface area contributed by atoms with Gasteiger partial charge in [-0.15, -0.1) is 0 Å². The van der Waals surface area contributed by atoms with Crippen LogP contribution in [0.3, 0.4) is 0 Å². The number of carbonyl (C=O) groups excluding carboxylic acids is 2. The summed E-state index contributed by atoms with van der Waals surface area (Å²) in [6.45, 7) is 2.45. The molecule has 0 aromatic rings. The highest BCUT2D eigenvalue weighted by atomic mass is 16.2. The Kier molecular flexibility index (Phi) is 2.21. The molecule has 0 aromatic heterocycles. The van der Waals surface area contributed by atoms with Crippen molar-refractivity contribution in [3.05, 3.63) is 0 Å². The number of hydrogen-bond acceptors (Lipinski definition) is 2. The highest BCUT2D eigenvalue weighted by molar-refractivity contribution is 5.95. The minimum atomic E-state index is -0.336. The van der Waals surface area contributed by atoms with Gasteiger partial charge in [0, 0.05) is 20.6 Å². The first kappa shape index (κ1) is 8.83. The van der Waals surface area contributed by atoms with E-state index < -0.39 is 0 Å². The molecule has 1 N–H and O–H groups in total. The van der Waals surface area contributed by atoms with Crippen LogP contribution in [0.1, 0.15) is 6.92 Å². The van der Waals surface area contributed by atoms with E-state index in [9.17, 15) is 9.59 Å². The minimum Gasteiger partial charge on any atom is -0.341 e. The Bertz CT molecular complexity index is 217. The van der Waals surface area contributed by atoms with Crippen LogP contribution < -0.4 is 5.32 Å². The van der Waals surface area contributed by atoms with Crippen LogP contribution in [0.4, 0.5) is 9.59 Å². The first-order valence-corrected chi connectivity index (χ1v) is 3.84. The average Bonchev–Trinajstić information content (AvgIpc) is 2.26. The largest absolute Gasteiger partial charge is 0.341 e. The van der Waals surface area contributed by atoms with E-state index in [2.05, 4.69) is 5.32 Å². The molecular formula is C7H13N3O2. The van der Waals surface area contributed by atoms with Gasteiger partial charge in [0.25, 0.3) is 0 Å². The Morgan fingerprint density at radius 1 is 1.67 bits per heavy atom. The third kappa shape index (κ3) is 1.22. The zero-order valence-electron chi connectivity index (χ0n) is 7.50. The molecule has 0 bridgehead atoms. The van der Waals surface area contributed by atoms with Crippen LogP contribution in [0.15, 0.2) is 0 Å². The summed E-state index contributed by atoms with van der Waals surface area (Å²) < 4.78 is 0. The molecule has 0 aliphatic carbocycles. The molecule has 0 saturated carbocycles. The Hall–Kier alpha value is -1.26. The number of nitrogens with one attached hydrogen (secondary N) is 1. The van der Waals surface area contributed by atoms with Crippen molar-refractivity contribution in [1.82, 2.24) is 15.1 Å². The minimum absolute atomic E-state index is 0.0394. The summed E-state index contributed by atoms with van der Waals surface area (Å²) in [7, 11) is 3.20. The summed E-state index contributed by atoms with van der Waals surface area (Å²) in [5, 5.41) is 2.43. The van der Waals surface area contributed by atoms with Gasteiger partial charge in [-0.3, -0.25) is 0 Å². The SMILES string of the molecule is CNC(=O)N1C(=O)N(C)CC1C. The van der Waals surface area contributed by atoms with E-state index in [-0.39, 0.29) is 18.1 Å². The summed E-state index contributed by atoms with van der Waals surface area (Å²) in [6, 6.07) is -0.610. The lowest BCUT2D eigenvalue weighted by Gasteiger charge is -2.16. The number of carbonyl (C=O) groups is 2. The maximum Gasteiger partial charge on any atom is 0.328 e. The smallest absolute Gasteiger partial charge is 0.328 e. The summed E-state index contributed by atoms with van der Waals surface area (Å²) in [4.78, 5) is 25.2. The maximum absolute atomic E-state index is 11.3. The Morgan fingerprint density at radius 2 is 2.25 bits per heavy atom. The second-order valence-electron chi connectivity index (χ2n) is 2.94. The fourth-order valence-electron chi connectivity index (χ4n) is 1.34. The lowest BCUT2D eigenvalue weighted by molar-refractivity contribution is 0.184. The third-order valence-electron chi connectivity index (χ3n) is 1.94. The molecule has 0 radical (unpaired) electrons. The molecule has 68 valence electrons. The number of rotatable bonds is 0. The fraction of sp³-hybridized carbons (Fsp3) is 0.714. The van der Waals surface area contributed by atoms with E-state index >= 15 is 0 Å². The zero-order chi connectivity index (χ0) is 9.30. The third-order valence-corrected chi connectivity index (χ3v) is 1.94. The molecule has 1 aliphatic rings. The van der Waals surface area contributed by atoms with Gasteiger partial charge < -0.3 is 10.2 Å². The predicted octanol–water partition coefficient (Wildman–Crippen LogP) is 0.0817. The first-order valence-electron chi connectivity index (χ1n) is 3.84. The van der Waals surface area contributed by atoms with Gasteiger partial charge in [-0.2, -0.15) is 0 Å². The van der Waals surface area contributed by atoms with Crippen molar-refractivity contribution in [2.24, 2.45) is 0 Å². The van der Waals surface area contributed by atoms with Crippen molar-refractivity contribution in [3.8, 4) is 0 Å². The second kappa shape index (κ2) is 3.00. The highest BCUT2D eigenvalue weighted by Crippen LogP contribution is 2.13. The van der Waals surface area contributed by atoms with Crippen LogP contribution in [0.2, 0.25) is 0 Å². The van der Waals surface area contributed by atoms with Gasteiger partial charge in [-0.25, -0.2) is 14.5 Å². The van der Waals surface area contributed by atoms with Crippen molar-refractivity contribution in [2.75, 3.05) is 20.6 Å². The predicted molar refractivity (Wildman–Crippen MR) is 43.8 cm³/mol. The quantitative estimate of drug-likeness (QED) is 0.561. The average molecular weight is 171 g/mol. The van der Waals surface area contributed by atoms with E-state index in [4.69, 9.17) is 0 Å². The van der Waals surface area contributed by atoms with Gasteiger partial charge in [-0.1, -0.05) is 0 Å². The standard InChI is InChI=1S/C7H13N3O2/c1-5-4-9(3)7(12)10(5)6(11)8-2/h5H,4H2,1-3H3,(H,8,11). The van der Waals surface area contributed by atoms with Crippen molar-refractivity contribution in [1.29, 1.82) is 0 Å². The number of amides is 4. The van der Waals surface area contributed by atoms with Crippen molar-refractivity contribution < 1.29 is 9.59 Å². The summed E-state index contributed by atoms with van der Waals surface area (Å²) in [5.74, 6) is 0. The van der Waals surface area contributed by atoms with Gasteiger partial charge >= 0.3 is 12.1 Å². The van der Waals surface area contributed by atoms with E-state index in [0.717, 1.165) is 0 Å². The van der Waals surface area contributed by atoms with Crippen molar-refractivity contribution >= 4 is 12.1 Å². The topological polar surface area (TPSA) is 52.7 Å². The van der Waals surface area contributed by atoms with E-state index in [1.54, 1.807) is 7.05 Å². The lowest BCUT2D eigenvalue weighted by Crippen LogP contribution is -2.43. The van der Waals surface area contributed by atoms with Crippen molar-refractivity contribution in [2.45, 2.75) is 13.0 Å². The number of nitrogens with zero attached hydrogens (tertiary/aromatic N) is 2.